The van der Waals surface area contributed by atoms with Crippen molar-refractivity contribution < 1.29 is 4.79 Å². The Bertz CT molecular complexity index is 536. The van der Waals surface area contributed by atoms with Gasteiger partial charge in [-0.05, 0) is 18.6 Å². The number of rotatable bonds is 6. The van der Waals surface area contributed by atoms with Gasteiger partial charge >= 0.3 is 6.03 Å². The third-order valence-corrected chi connectivity index (χ3v) is 2.93. The SMILES string of the molecule is CCCCNC(=O)NCc1cnn(-c2ccccc2)c1. The Morgan fingerprint density at radius 3 is 2.80 bits per heavy atom. The van der Waals surface area contributed by atoms with Crippen molar-refractivity contribution in [3.8, 4) is 5.69 Å². The first kappa shape index (κ1) is 14.1. The molecule has 0 radical (unpaired) electrons. The van der Waals surface area contributed by atoms with Gasteiger partial charge in [-0.3, -0.25) is 0 Å². The van der Waals surface area contributed by atoms with Crippen molar-refractivity contribution in [2.45, 2.75) is 26.3 Å². The summed E-state index contributed by atoms with van der Waals surface area (Å²) in [6.07, 6.45) is 5.75. The van der Waals surface area contributed by atoms with Gasteiger partial charge < -0.3 is 10.6 Å². The molecule has 0 bridgehead atoms. The molecule has 2 aromatic rings. The van der Waals surface area contributed by atoms with Crippen LogP contribution in [0, 0.1) is 0 Å². The number of nitrogens with zero attached hydrogens (tertiary/aromatic N) is 2. The summed E-state index contributed by atoms with van der Waals surface area (Å²) in [5.74, 6) is 0. The van der Waals surface area contributed by atoms with E-state index in [2.05, 4.69) is 22.7 Å². The molecule has 0 saturated carbocycles. The number of unbranched alkanes of at least 4 members (excludes halogenated alkanes) is 1. The van der Waals surface area contributed by atoms with E-state index in [1.807, 2.05) is 36.5 Å². The summed E-state index contributed by atoms with van der Waals surface area (Å²) in [7, 11) is 0. The molecule has 0 saturated heterocycles. The van der Waals surface area contributed by atoms with Gasteiger partial charge in [0, 0.05) is 24.8 Å². The molecule has 2 N–H and O–H groups in total. The first-order valence-corrected chi connectivity index (χ1v) is 6.90. The Labute approximate surface area is 119 Å². The standard InChI is InChI=1S/C15H20N4O/c1-2-3-9-16-15(20)17-10-13-11-18-19(12-13)14-7-5-4-6-8-14/h4-8,11-12H,2-3,9-10H2,1H3,(H2,16,17,20). The zero-order valence-electron chi connectivity index (χ0n) is 11.7. The number of amides is 2. The van der Waals surface area contributed by atoms with Crippen molar-refractivity contribution in [2.24, 2.45) is 0 Å². The summed E-state index contributed by atoms with van der Waals surface area (Å²) in [5, 5.41) is 9.92. The summed E-state index contributed by atoms with van der Waals surface area (Å²) in [5.41, 5.74) is 1.98. The van der Waals surface area contributed by atoms with Gasteiger partial charge in [-0.25, -0.2) is 9.48 Å². The fourth-order valence-corrected chi connectivity index (χ4v) is 1.80. The van der Waals surface area contributed by atoms with Crippen molar-refractivity contribution >= 4 is 6.03 Å². The Kier molecular flexibility index (Phi) is 5.17. The maximum Gasteiger partial charge on any atom is 0.315 e. The largest absolute Gasteiger partial charge is 0.338 e. The molecule has 2 rings (SSSR count). The highest BCUT2D eigenvalue weighted by molar-refractivity contribution is 5.73. The average Bonchev–Trinajstić information content (AvgIpc) is 2.95. The number of benzene rings is 1. The highest BCUT2D eigenvalue weighted by atomic mass is 16.2. The van der Waals surface area contributed by atoms with E-state index in [0.717, 1.165) is 24.1 Å². The van der Waals surface area contributed by atoms with Gasteiger partial charge in [-0.1, -0.05) is 31.5 Å². The number of nitrogens with one attached hydrogen (secondary N) is 2. The molecule has 0 aliphatic heterocycles. The molecule has 0 aliphatic carbocycles. The second-order valence-electron chi connectivity index (χ2n) is 4.59. The van der Waals surface area contributed by atoms with Crippen molar-refractivity contribution in [1.29, 1.82) is 0 Å². The smallest absolute Gasteiger partial charge is 0.315 e. The minimum absolute atomic E-state index is 0.133. The molecule has 20 heavy (non-hydrogen) atoms. The number of para-hydroxylation sites is 1. The monoisotopic (exact) mass is 272 g/mol. The normalized spacial score (nSPS) is 10.2. The molecule has 0 aliphatic rings. The number of hydrogen-bond donors (Lipinski definition) is 2. The van der Waals surface area contributed by atoms with Crippen molar-refractivity contribution in [3.05, 3.63) is 48.3 Å². The molecule has 5 heteroatoms. The van der Waals surface area contributed by atoms with Crippen molar-refractivity contribution in [2.75, 3.05) is 6.54 Å². The molecular formula is C15H20N4O. The predicted octanol–water partition coefficient (Wildman–Crippen LogP) is 2.47. The van der Waals surface area contributed by atoms with Crippen LogP contribution in [0.2, 0.25) is 0 Å². The molecular weight excluding hydrogens is 252 g/mol. The summed E-state index contributed by atoms with van der Waals surface area (Å²) in [6.45, 7) is 3.29. The first-order chi connectivity index (χ1) is 9.79. The Balaban J connectivity index is 1.83. The van der Waals surface area contributed by atoms with Gasteiger partial charge in [0.1, 0.15) is 0 Å². The zero-order chi connectivity index (χ0) is 14.2. The third kappa shape index (κ3) is 4.12. The first-order valence-electron chi connectivity index (χ1n) is 6.90. The Morgan fingerprint density at radius 1 is 1.25 bits per heavy atom. The highest BCUT2D eigenvalue weighted by Gasteiger charge is 2.03. The second kappa shape index (κ2) is 7.33. The van der Waals surface area contributed by atoms with Gasteiger partial charge in [0.05, 0.1) is 11.9 Å². The maximum absolute atomic E-state index is 11.5. The molecule has 2 amide bonds. The van der Waals surface area contributed by atoms with E-state index in [9.17, 15) is 4.79 Å². The molecule has 1 heterocycles. The van der Waals surface area contributed by atoms with Crippen LogP contribution in [-0.2, 0) is 6.54 Å². The number of hydrogen-bond acceptors (Lipinski definition) is 2. The lowest BCUT2D eigenvalue weighted by molar-refractivity contribution is 0.240. The van der Waals surface area contributed by atoms with Crippen molar-refractivity contribution in [3.63, 3.8) is 0 Å². The number of aromatic nitrogens is 2. The van der Waals surface area contributed by atoms with E-state index in [0.29, 0.717) is 13.1 Å². The molecule has 0 unspecified atom stereocenters. The lowest BCUT2D eigenvalue weighted by atomic mass is 10.3. The van der Waals surface area contributed by atoms with Crippen LogP contribution in [0.1, 0.15) is 25.3 Å². The van der Waals surface area contributed by atoms with Gasteiger partial charge in [-0.2, -0.15) is 5.10 Å². The van der Waals surface area contributed by atoms with E-state index in [-0.39, 0.29) is 6.03 Å². The van der Waals surface area contributed by atoms with Gasteiger partial charge in [0.15, 0.2) is 0 Å². The van der Waals surface area contributed by atoms with Gasteiger partial charge in [0.2, 0.25) is 0 Å². The fraction of sp³-hybridized carbons (Fsp3) is 0.333. The molecule has 0 fully saturated rings. The topological polar surface area (TPSA) is 59.0 Å². The molecule has 0 spiro atoms. The van der Waals surface area contributed by atoms with E-state index < -0.39 is 0 Å². The molecule has 1 aromatic carbocycles. The van der Waals surface area contributed by atoms with Crippen LogP contribution < -0.4 is 10.6 Å². The number of urea groups is 1. The molecule has 1 aromatic heterocycles. The minimum Gasteiger partial charge on any atom is -0.338 e. The summed E-state index contributed by atoms with van der Waals surface area (Å²) < 4.78 is 1.80. The third-order valence-electron chi connectivity index (χ3n) is 2.93. The lowest BCUT2D eigenvalue weighted by Gasteiger charge is -2.05. The second-order valence-corrected chi connectivity index (χ2v) is 4.59. The van der Waals surface area contributed by atoms with Crippen molar-refractivity contribution in [1.82, 2.24) is 20.4 Å². The minimum atomic E-state index is -0.133. The van der Waals surface area contributed by atoms with Crippen LogP contribution >= 0.6 is 0 Å². The average molecular weight is 272 g/mol. The van der Waals surface area contributed by atoms with Crippen LogP contribution in [0.4, 0.5) is 4.79 Å². The molecule has 106 valence electrons. The fourth-order valence-electron chi connectivity index (χ4n) is 1.80. The lowest BCUT2D eigenvalue weighted by Crippen LogP contribution is -2.35. The molecule has 0 atom stereocenters. The number of carbonyl (C=O) groups is 1. The summed E-state index contributed by atoms with van der Waals surface area (Å²) in [4.78, 5) is 11.5. The van der Waals surface area contributed by atoms with E-state index in [4.69, 9.17) is 0 Å². The Morgan fingerprint density at radius 2 is 2.05 bits per heavy atom. The summed E-state index contributed by atoms with van der Waals surface area (Å²) in [6, 6.07) is 9.75. The van der Waals surface area contributed by atoms with E-state index >= 15 is 0 Å². The van der Waals surface area contributed by atoms with Crippen LogP contribution in [0.15, 0.2) is 42.7 Å². The summed E-state index contributed by atoms with van der Waals surface area (Å²) >= 11 is 0. The van der Waals surface area contributed by atoms with Gasteiger partial charge in [-0.15, -0.1) is 0 Å². The van der Waals surface area contributed by atoms with E-state index in [1.165, 1.54) is 0 Å². The van der Waals surface area contributed by atoms with Crippen LogP contribution in [-0.4, -0.2) is 22.4 Å². The van der Waals surface area contributed by atoms with Crippen LogP contribution in [0.5, 0.6) is 0 Å². The van der Waals surface area contributed by atoms with E-state index in [1.54, 1.807) is 10.9 Å². The Hall–Kier alpha value is -2.30. The van der Waals surface area contributed by atoms with Gasteiger partial charge in [0.25, 0.3) is 0 Å². The number of carbonyl (C=O) groups excluding carboxylic acids is 1. The predicted molar refractivity (Wildman–Crippen MR) is 78.7 cm³/mol. The quantitative estimate of drug-likeness (QED) is 0.794. The van der Waals surface area contributed by atoms with Crippen LogP contribution in [0.3, 0.4) is 0 Å². The maximum atomic E-state index is 11.5. The highest BCUT2D eigenvalue weighted by Crippen LogP contribution is 2.07. The molecule has 5 nitrogen and oxygen atoms in total. The zero-order valence-corrected chi connectivity index (χ0v) is 11.7. The van der Waals surface area contributed by atoms with Crippen LogP contribution in [0.25, 0.3) is 5.69 Å².